The van der Waals surface area contributed by atoms with Gasteiger partial charge in [0.15, 0.2) is 0 Å². The van der Waals surface area contributed by atoms with Crippen molar-refractivity contribution in [1.82, 2.24) is 19.2 Å². The van der Waals surface area contributed by atoms with E-state index in [1.165, 1.54) is 4.90 Å². The third kappa shape index (κ3) is 3.18. The number of halogens is 1. The second-order valence-corrected chi connectivity index (χ2v) is 6.19. The number of amides is 1. The number of rotatable bonds is 3. The minimum absolute atomic E-state index is 0.0438. The van der Waals surface area contributed by atoms with E-state index in [1.54, 1.807) is 14.1 Å². The molecule has 1 aliphatic heterocycles. The van der Waals surface area contributed by atoms with Crippen LogP contribution < -0.4 is 0 Å². The molecular formula is C15H19ClN4O2. The second kappa shape index (κ2) is 6.14. The molecule has 1 aliphatic rings. The Balaban J connectivity index is 1.64. The van der Waals surface area contributed by atoms with Crippen LogP contribution in [0.25, 0.3) is 5.65 Å². The highest BCUT2D eigenvalue weighted by molar-refractivity contribution is 6.30. The van der Waals surface area contributed by atoms with Gasteiger partial charge in [0.25, 0.3) is 0 Å². The molecule has 1 unspecified atom stereocenters. The molecule has 0 N–H and O–H groups in total. The summed E-state index contributed by atoms with van der Waals surface area (Å²) in [7, 11) is 3.38. The molecule has 22 heavy (non-hydrogen) atoms. The Morgan fingerprint density at radius 2 is 2.32 bits per heavy atom. The lowest BCUT2D eigenvalue weighted by Crippen LogP contribution is -2.30. The van der Waals surface area contributed by atoms with Gasteiger partial charge in [-0.15, -0.1) is 0 Å². The molecule has 1 fully saturated rings. The number of fused-ring (bicyclic) bond motifs is 1. The summed E-state index contributed by atoms with van der Waals surface area (Å²) in [5.74, 6) is 0. The van der Waals surface area contributed by atoms with E-state index in [0.717, 1.165) is 37.4 Å². The normalized spacial score (nSPS) is 18.8. The van der Waals surface area contributed by atoms with Gasteiger partial charge in [-0.25, -0.2) is 9.78 Å². The van der Waals surface area contributed by atoms with Gasteiger partial charge in [0.2, 0.25) is 0 Å². The number of likely N-dealkylation sites (tertiary alicyclic amines) is 1. The Morgan fingerprint density at radius 3 is 3.09 bits per heavy atom. The first-order valence-electron chi connectivity index (χ1n) is 7.24. The van der Waals surface area contributed by atoms with E-state index < -0.39 is 0 Å². The topological polar surface area (TPSA) is 50.1 Å². The molecule has 0 saturated carbocycles. The fraction of sp³-hybridized carbons (Fsp3) is 0.467. The summed E-state index contributed by atoms with van der Waals surface area (Å²) in [6.07, 6.45) is 4.27. The van der Waals surface area contributed by atoms with E-state index in [4.69, 9.17) is 16.3 Å². The van der Waals surface area contributed by atoms with Gasteiger partial charge in [0.05, 0.1) is 16.9 Å². The van der Waals surface area contributed by atoms with Crippen molar-refractivity contribution in [2.24, 2.45) is 0 Å². The first-order valence-corrected chi connectivity index (χ1v) is 7.62. The summed E-state index contributed by atoms with van der Waals surface area (Å²) in [5, 5.41) is 0.686. The monoisotopic (exact) mass is 322 g/mol. The molecule has 1 atom stereocenters. The van der Waals surface area contributed by atoms with Crippen molar-refractivity contribution < 1.29 is 9.53 Å². The van der Waals surface area contributed by atoms with Crippen molar-refractivity contribution >= 4 is 23.3 Å². The molecule has 1 amide bonds. The van der Waals surface area contributed by atoms with Gasteiger partial charge in [-0.3, -0.25) is 4.90 Å². The molecular weight excluding hydrogens is 304 g/mol. The smallest absolute Gasteiger partial charge is 0.409 e. The molecule has 3 rings (SSSR count). The Kier molecular flexibility index (Phi) is 4.22. The van der Waals surface area contributed by atoms with Crippen LogP contribution >= 0.6 is 11.6 Å². The highest BCUT2D eigenvalue weighted by Crippen LogP contribution is 2.18. The first-order chi connectivity index (χ1) is 10.5. The summed E-state index contributed by atoms with van der Waals surface area (Å²) < 4.78 is 7.43. The number of ether oxygens (including phenoxy) is 1. The van der Waals surface area contributed by atoms with E-state index in [1.807, 2.05) is 28.9 Å². The van der Waals surface area contributed by atoms with E-state index in [-0.39, 0.29) is 12.2 Å². The Hall–Kier alpha value is -1.79. The van der Waals surface area contributed by atoms with Crippen molar-refractivity contribution in [1.29, 1.82) is 0 Å². The molecule has 0 aromatic carbocycles. The average molecular weight is 323 g/mol. The minimum atomic E-state index is -0.284. The maximum absolute atomic E-state index is 11.6. The third-order valence-corrected chi connectivity index (χ3v) is 4.02. The number of nitrogens with zero attached hydrogens (tertiary/aromatic N) is 4. The number of hydrogen-bond acceptors (Lipinski definition) is 4. The molecule has 2 aromatic heterocycles. The zero-order valence-corrected chi connectivity index (χ0v) is 13.5. The predicted octanol–water partition coefficient (Wildman–Crippen LogP) is 2.26. The summed E-state index contributed by atoms with van der Waals surface area (Å²) in [5.41, 5.74) is 1.96. The number of pyridine rings is 1. The van der Waals surface area contributed by atoms with Crippen LogP contribution in [-0.2, 0) is 11.3 Å². The van der Waals surface area contributed by atoms with Gasteiger partial charge >= 0.3 is 6.09 Å². The fourth-order valence-electron chi connectivity index (χ4n) is 2.64. The zero-order chi connectivity index (χ0) is 15.7. The van der Waals surface area contributed by atoms with Crippen LogP contribution in [0.15, 0.2) is 24.5 Å². The van der Waals surface area contributed by atoms with Gasteiger partial charge in [-0.05, 0) is 18.6 Å². The predicted molar refractivity (Wildman–Crippen MR) is 84.1 cm³/mol. The van der Waals surface area contributed by atoms with Crippen molar-refractivity contribution in [3.63, 3.8) is 0 Å². The molecule has 0 aliphatic carbocycles. The molecule has 2 aromatic rings. The van der Waals surface area contributed by atoms with Crippen LogP contribution in [0.4, 0.5) is 4.79 Å². The second-order valence-electron chi connectivity index (χ2n) is 5.75. The van der Waals surface area contributed by atoms with Crippen molar-refractivity contribution in [2.75, 3.05) is 27.2 Å². The van der Waals surface area contributed by atoms with E-state index in [2.05, 4.69) is 9.88 Å². The minimum Gasteiger partial charge on any atom is -0.445 e. The summed E-state index contributed by atoms with van der Waals surface area (Å²) in [6.45, 7) is 2.41. The Morgan fingerprint density at radius 1 is 1.50 bits per heavy atom. The molecule has 1 saturated heterocycles. The number of hydrogen-bond donors (Lipinski definition) is 0. The molecule has 118 valence electrons. The summed E-state index contributed by atoms with van der Waals surface area (Å²) in [6, 6.07) is 3.73. The molecule has 7 heteroatoms. The van der Waals surface area contributed by atoms with Crippen molar-refractivity contribution in [2.45, 2.75) is 19.1 Å². The van der Waals surface area contributed by atoms with E-state index in [9.17, 15) is 4.79 Å². The fourth-order valence-corrected chi connectivity index (χ4v) is 2.80. The summed E-state index contributed by atoms with van der Waals surface area (Å²) in [4.78, 5) is 19.7. The number of aromatic nitrogens is 2. The van der Waals surface area contributed by atoms with Crippen LogP contribution in [-0.4, -0.2) is 58.6 Å². The van der Waals surface area contributed by atoms with Gasteiger partial charge in [-0.1, -0.05) is 11.6 Å². The quantitative estimate of drug-likeness (QED) is 0.870. The van der Waals surface area contributed by atoms with Crippen LogP contribution in [0, 0.1) is 0 Å². The number of carbonyl (C=O) groups excluding carboxylic acids is 1. The largest absolute Gasteiger partial charge is 0.445 e. The van der Waals surface area contributed by atoms with Gasteiger partial charge in [-0.2, -0.15) is 0 Å². The SMILES string of the molecule is CN(C)C(=O)OC1CCN(Cc2cnc3ccc(Cl)cn23)C1. The highest BCUT2D eigenvalue weighted by atomic mass is 35.5. The van der Waals surface area contributed by atoms with E-state index >= 15 is 0 Å². The lowest BCUT2D eigenvalue weighted by atomic mass is 10.3. The van der Waals surface area contributed by atoms with Gasteiger partial charge in [0.1, 0.15) is 11.8 Å². The molecule has 0 radical (unpaired) electrons. The van der Waals surface area contributed by atoms with Crippen LogP contribution in [0.1, 0.15) is 12.1 Å². The average Bonchev–Trinajstić information content (AvgIpc) is 3.07. The maximum atomic E-state index is 11.6. The Bertz CT molecular complexity index is 685. The molecule has 0 bridgehead atoms. The first kappa shape index (κ1) is 15.1. The van der Waals surface area contributed by atoms with Crippen molar-refractivity contribution in [3.05, 3.63) is 35.2 Å². The lowest BCUT2D eigenvalue weighted by molar-refractivity contribution is 0.0773. The third-order valence-electron chi connectivity index (χ3n) is 3.79. The molecule has 0 spiro atoms. The van der Waals surface area contributed by atoms with Crippen molar-refractivity contribution in [3.8, 4) is 0 Å². The molecule has 3 heterocycles. The van der Waals surface area contributed by atoms with Crippen LogP contribution in [0.3, 0.4) is 0 Å². The summed E-state index contributed by atoms with van der Waals surface area (Å²) >= 11 is 6.05. The van der Waals surface area contributed by atoms with Crippen LogP contribution in [0.2, 0.25) is 5.02 Å². The number of carbonyl (C=O) groups is 1. The maximum Gasteiger partial charge on any atom is 0.409 e. The number of imidazole rings is 1. The lowest BCUT2D eigenvalue weighted by Gasteiger charge is -2.18. The Labute approximate surface area is 134 Å². The highest BCUT2D eigenvalue weighted by Gasteiger charge is 2.26. The van der Waals surface area contributed by atoms with Gasteiger partial charge in [0, 0.05) is 39.9 Å². The van der Waals surface area contributed by atoms with Gasteiger partial charge < -0.3 is 14.0 Å². The molecule has 6 nitrogen and oxygen atoms in total. The zero-order valence-electron chi connectivity index (χ0n) is 12.7. The van der Waals surface area contributed by atoms with E-state index in [0.29, 0.717) is 5.02 Å². The van der Waals surface area contributed by atoms with Crippen LogP contribution in [0.5, 0.6) is 0 Å². The standard InChI is InChI=1S/C15H19ClN4O2/c1-18(2)15(21)22-13-5-6-19(10-13)9-12-7-17-14-4-3-11(16)8-20(12)14/h3-4,7-8,13H,5-6,9-10H2,1-2H3.